The maximum atomic E-state index is 12.4. The highest BCUT2D eigenvalue weighted by atomic mass is 32.1. The van der Waals surface area contributed by atoms with E-state index in [9.17, 15) is 4.79 Å². The fourth-order valence-electron chi connectivity index (χ4n) is 3.09. The maximum absolute atomic E-state index is 12.4. The summed E-state index contributed by atoms with van der Waals surface area (Å²) in [5, 5.41) is 5.95. The van der Waals surface area contributed by atoms with Crippen LogP contribution in [0.5, 0.6) is 0 Å². The zero-order valence-electron chi connectivity index (χ0n) is 16.0. The van der Waals surface area contributed by atoms with Crippen LogP contribution in [0.2, 0.25) is 0 Å². The Labute approximate surface area is 173 Å². The number of rotatable bonds is 3. The third-order valence-electron chi connectivity index (χ3n) is 4.64. The van der Waals surface area contributed by atoms with Gasteiger partial charge in [0.1, 0.15) is 5.52 Å². The number of carbonyl (C=O) groups is 1. The van der Waals surface area contributed by atoms with Crippen molar-refractivity contribution in [3.05, 3.63) is 83.4 Å². The first-order valence-corrected chi connectivity index (χ1v) is 9.56. The van der Waals surface area contributed by atoms with Crippen molar-refractivity contribution in [1.82, 2.24) is 10.3 Å². The second-order valence-corrected chi connectivity index (χ2v) is 7.15. The number of aryl methyl sites for hydroxylation is 2. The van der Waals surface area contributed by atoms with Crippen LogP contribution < -0.4 is 10.6 Å². The molecule has 1 amide bonds. The van der Waals surface area contributed by atoms with Crippen molar-refractivity contribution in [3.8, 4) is 11.5 Å². The number of nitrogens with one attached hydrogen (secondary N) is 2. The van der Waals surface area contributed by atoms with Crippen LogP contribution in [0, 0.1) is 13.8 Å². The first kappa shape index (κ1) is 18.8. The quantitative estimate of drug-likeness (QED) is 0.460. The SMILES string of the molecule is Cc1ccccc1C(=O)NC(=S)Nc1ccc2nc(-c3ccccc3C)oc2c1. The second kappa shape index (κ2) is 7.85. The van der Waals surface area contributed by atoms with Crippen molar-refractivity contribution in [3.63, 3.8) is 0 Å². The summed E-state index contributed by atoms with van der Waals surface area (Å²) in [5.74, 6) is 0.328. The van der Waals surface area contributed by atoms with Gasteiger partial charge < -0.3 is 9.73 Å². The minimum absolute atomic E-state index is 0.219. The molecule has 1 heterocycles. The van der Waals surface area contributed by atoms with Gasteiger partial charge in [-0.3, -0.25) is 10.1 Å². The maximum Gasteiger partial charge on any atom is 0.257 e. The first-order valence-electron chi connectivity index (χ1n) is 9.16. The molecule has 144 valence electrons. The summed E-state index contributed by atoms with van der Waals surface area (Å²) in [6.45, 7) is 3.90. The molecule has 0 fully saturated rings. The minimum atomic E-state index is -0.247. The summed E-state index contributed by atoms with van der Waals surface area (Å²) in [5.41, 5.74) is 5.63. The fraction of sp³-hybridized carbons (Fsp3) is 0.0870. The Balaban J connectivity index is 1.51. The third kappa shape index (κ3) is 4.02. The molecule has 0 aliphatic rings. The predicted octanol–water partition coefficient (Wildman–Crippen LogP) is 5.24. The molecule has 6 heteroatoms. The number of oxazole rings is 1. The Bertz CT molecular complexity index is 1230. The summed E-state index contributed by atoms with van der Waals surface area (Å²) in [7, 11) is 0. The average molecular weight is 401 g/mol. The molecule has 0 aliphatic carbocycles. The van der Waals surface area contributed by atoms with Gasteiger partial charge in [-0.05, 0) is 61.5 Å². The van der Waals surface area contributed by atoms with Crippen LogP contribution in [0.25, 0.3) is 22.6 Å². The number of hydrogen-bond acceptors (Lipinski definition) is 4. The lowest BCUT2D eigenvalue weighted by Crippen LogP contribution is -2.34. The Morgan fingerprint density at radius 2 is 1.69 bits per heavy atom. The normalized spacial score (nSPS) is 10.7. The summed E-state index contributed by atoms with van der Waals surface area (Å²) >= 11 is 5.29. The summed E-state index contributed by atoms with van der Waals surface area (Å²) in [6.07, 6.45) is 0. The molecule has 5 nitrogen and oxygen atoms in total. The average Bonchev–Trinajstić information content (AvgIpc) is 3.11. The van der Waals surface area contributed by atoms with Gasteiger partial charge in [-0.25, -0.2) is 4.98 Å². The van der Waals surface area contributed by atoms with Crippen LogP contribution in [-0.4, -0.2) is 16.0 Å². The van der Waals surface area contributed by atoms with Gasteiger partial charge in [-0.1, -0.05) is 36.4 Å². The molecule has 0 atom stereocenters. The van der Waals surface area contributed by atoms with Gasteiger partial charge in [0.15, 0.2) is 10.7 Å². The van der Waals surface area contributed by atoms with E-state index in [0.29, 0.717) is 22.7 Å². The zero-order valence-corrected chi connectivity index (χ0v) is 16.8. The molecule has 0 radical (unpaired) electrons. The lowest BCUT2D eigenvalue weighted by molar-refractivity contribution is 0.0977. The van der Waals surface area contributed by atoms with Crippen molar-refractivity contribution in [2.75, 3.05) is 5.32 Å². The fourth-order valence-corrected chi connectivity index (χ4v) is 3.30. The van der Waals surface area contributed by atoms with Crippen molar-refractivity contribution in [2.24, 2.45) is 0 Å². The van der Waals surface area contributed by atoms with Crippen molar-refractivity contribution >= 4 is 40.0 Å². The van der Waals surface area contributed by atoms with E-state index >= 15 is 0 Å². The van der Waals surface area contributed by atoms with Gasteiger partial charge in [-0.15, -0.1) is 0 Å². The smallest absolute Gasteiger partial charge is 0.257 e. The van der Waals surface area contributed by atoms with Crippen LogP contribution in [0.4, 0.5) is 5.69 Å². The van der Waals surface area contributed by atoms with Gasteiger partial charge in [0, 0.05) is 22.9 Å². The second-order valence-electron chi connectivity index (χ2n) is 6.74. The number of hydrogen-bond donors (Lipinski definition) is 2. The van der Waals surface area contributed by atoms with E-state index in [4.69, 9.17) is 16.6 Å². The summed E-state index contributed by atoms with van der Waals surface area (Å²) in [6, 6.07) is 20.8. The Hall–Kier alpha value is -3.51. The lowest BCUT2D eigenvalue weighted by Gasteiger charge is -2.10. The molecule has 0 saturated carbocycles. The number of fused-ring (bicyclic) bond motifs is 1. The van der Waals surface area contributed by atoms with Gasteiger partial charge in [0.25, 0.3) is 5.91 Å². The van der Waals surface area contributed by atoms with Crippen LogP contribution in [0.15, 0.2) is 71.1 Å². The van der Waals surface area contributed by atoms with E-state index < -0.39 is 0 Å². The van der Waals surface area contributed by atoms with Crippen molar-refractivity contribution in [1.29, 1.82) is 0 Å². The van der Waals surface area contributed by atoms with Crippen LogP contribution >= 0.6 is 12.2 Å². The van der Waals surface area contributed by atoms with Gasteiger partial charge in [-0.2, -0.15) is 0 Å². The van der Waals surface area contributed by atoms with E-state index in [2.05, 4.69) is 15.6 Å². The number of thiocarbonyl (C=S) groups is 1. The van der Waals surface area contributed by atoms with Crippen LogP contribution in [0.1, 0.15) is 21.5 Å². The Morgan fingerprint density at radius 1 is 0.966 bits per heavy atom. The molecule has 1 aromatic heterocycles. The highest BCUT2D eigenvalue weighted by molar-refractivity contribution is 7.80. The lowest BCUT2D eigenvalue weighted by atomic mass is 10.1. The number of carbonyl (C=O) groups excluding carboxylic acids is 1. The van der Waals surface area contributed by atoms with Crippen LogP contribution in [0.3, 0.4) is 0 Å². The Morgan fingerprint density at radius 3 is 2.45 bits per heavy atom. The molecule has 0 saturated heterocycles. The number of benzene rings is 3. The van der Waals surface area contributed by atoms with E-state index in [-0.39, 0.29) is 11.0 Å². The molecular weight excluding hydrogens is 382 g/mol. The van der Waals surface area contributed by atoms with E-state index in [1.807, 2.05) is 74.5 Å². The summed E-state index contributed by atoms with van der Waals surface area (Å²) in [4.78, 5) is 17.0. The van der Waals surface area contributed by atoms with Gasteiger partial charge in [0.2, 0.25) is 5.89 Å². The van der Waals surface area contributed by atoms with Gasteiger partial charge in [0.05, 0.1) is 0 Å². The first-order chi connectivity index (χ1) is 14.0. The summed E-state index contributed by atoms with van der Waals surface area (Å²) < 4.78 is 5.94. The third-order valence-corrected chi connectivity index (χ3v) is 4.84. The highest BCUT2D eigenvalue weighted by Gasteiger charge is 2.13. The molecule has 4 aromatic rings. The Kier molecular flexibility index (Phi) is 5.10. The molecule has 0 spiro atoms. The molecule has 4 rings (SSSR count). The molecule has 0 bridgehead atoms. The highest BCUT2D eigenvalue weighted by Crippen LogP contribution is 2.28. The molecule has 3 aromatic carbocycles. The largest absolute Gasteiger partial charge is 0.436 e. The van der Waals surface area contributed by atoms with Gasteiger partial charge >= 0.3 is 0 Å². The van der Waals surface area contributed by atoms with Crippen molar-refractivity contribution in [2.45, 2.75) is 13.8 Å². The molecule has 29 heavy (non-hydrogen) atoms. The monoisotopic (exact) mass is 401 g/mol. The van der Waals surface area contributed by atoms with E-state index in [0.717, 1.165) is 22.2 Å². The standard InChI is InChI=1S/C23H19N3O2S/c1-14-7-3-5-9-17(14)21(27)26-23(29)24-16-11-12-19-20(13-16)28-22(25-19)18-10-6-4-8-15(18)2/h3-13H,1-2H3,(H2,24,26,27,29). The zero-order chi connectivity index (χ0) is 20.4. The number of anilines is 1. The number of aromatic nitrogens is 1. The number of nitrogens with zero attached hydrogens (tertiary/aromatic N) is 1. The molecule has 0 unspecified atom stereocenters. The number of amides is 1. The van der Waals surface area contributed by atoms with E-state index in [1.165, 1.54) is 0 Å². The van der Waals surface area contributed by atoms with Crippen molar-refractivity contribution < 1.29 is 9.21 Å². The predicted molar refractivity (Wildman–Crippen MR) is 119 cm³/mol. The molecule has 0 aliphatic heterocycles. The topological polar surface area (TPSA) is 67.2 Å². The van der Waals surface area contributed by atoms with E-state index in [1.54, 1.807) is 6.07 Å². The molecule has 2 N–H and O–H groups in total. The minimum Gasteiger partial charge on any atom is -0.436 e. The molecular formula is C23H19N3O2S. The van der Waals surface area contributed by atoms with Crippen LogP contribution in [-0.2, 0) is 0 Å².